The Hall–Kier alpha value is -2.40. The summed E-state index contributed by atoms with van der Waals surface area (Å²) in [5, 5.41) is 6.50. The normalized spacial score (nSPS) is 12.1. The first-order valence-corrected chi connectivity index (χ1v) is 7.61. The number of amides is 1. The number of ether oxygens (including phenoxy) is 2. The summed E-state index contributed by atoms with van der Waals surface area (Å²) in [4.78, 5) is 12.1. The van der Waals surface area contributed by atoms with Crippen LogP contribution in [0.25, 0.3) is 0 Å². The Morgan fingerprint density at radius 1 is 1.17 bits per heavy atom. The van der Waals surface area contributed by atoms with E-state index in [0.29, 0.717) is 22.2 Å². The maximum absolute atomic E-state index is 12.1. The molecule has 5 nitrogen and oxygen atoms in total. The molecule has 2 aromatic carbocycles. The summed E-state index contributed by atoms with van der Waals surface area (Å²) in [6.45, 7) is 4.27. The number of benzene rings is 2. The van der Waals surface area contributed by atoms with Crippen LogP contribution in [0.15, 0.2) is 30.3 Å². The summed E-state index contributed by atoms with van der Waals surface area (Å²) >= 11 is 6.22. The van der Waals surface area contributed by atoms with Gasteiger partial charge in [0.2, 0.25) is 12.7 Å². The third-order valence-corrected chi connectivity index (χ3v) is 3.81. The maximum Gasteiger partial charge on any atom is 0.243 e. The molecule has 1 aliphatic heterocycles. The fraction of sp³-hybridized carbons (Fsp3) is 0.235. The van der Waals surface area contributed by atoms with Crippen LogP contribution in [0.3, 0.4) is 0 Å². The van der Waals surface area contributed by atoms with Crippen molar-refractivity contribution in [2.45, 2.75) is 13.8 Å². The molecule has 0 spiro atoms. The van der Waals surface area contributed by atoms with Crippen LogP contribution in [0.4, 0.5) is 11.4 Å². The topological polar surface area (TPSA) is 59.6 Å². The quantitative estimate of drug-likeness (QED) is 0.895. The Morgan fingerprint density at radius 3 is 2.74 bits per heavy atom. The van der Waals surface area contributed by atoms with Gasteiger partial charge in [0.15, 0.2) is 11.5 Å². The Balaban J connectivity index is 1.62. The first kappa shape index (κ1) is 15.5. The van der Waals surface area contributed by atoms with E-state index in [0.717, 1.165) is 16.8 Å². The van der Waals surface area contributed by atoms with Crippen LogP contribution in [0.1, 0.15) is 11.1 Å². The van der Waals surface area contributed by atoms with Gasteiger partial charge >= 0.3 is 0 Å². The van der Waals surface area contributed by atoms with E-state index >= 15 is 0 Å². The van der Waals surface area contributed by atoms with Crippen molar-refractivity contribution in [1.82, 2.24) is 0 Å². The van der Waals surface area contributed by atoms with Crippen LogP contribution < -0.4 is 20.1 Å². The molecule has 1 aliphatic rings. The fourth-order valence-corrected chi connectivity index (χ4v) is 2.88. The first-order chi connectivity index (χ1) is 11.0. The number of hydrogen-bond donors (Lipinski definition) is 2. The second kappa shape index (κ2) is 6.38. The van der Waals surface area contributed by atoms with Gasteiger partial charge in [-0.3, -0.25) is 4.79 Å². The Morgan fingerprint density at radius 2 is 1.96 bits per heavy atom. The lowest BCUT2D eigenvalue weighted by Gasteiger charge is -2.13. The minimum Gasteiger partial charge on any atom is -0.454 e. The van der Waals surface area contributed by atoms with Gasteiger partial charge in [-0.25, -0.2) is 0 Å². The predicted molar refractivity (Wildman–Crippen MR) is 90.6 cm³/mol. The number of carbonyl (C=O) groups excluding carboxylic acids is 1. The van der Waals surface area contributed by atoms with E-state index in [1.807, 2.05) is 26.0 Å². The van der Waals surface area contributed by atoms with E-state index in [4.69, 9.17) is 21.1 Å². The lowest BCUT2D eigenvalue weighted by atomic mass is 10.1. The van der Waals surface area contributed by atoms with Gasteiger partial charge in [-0.1, -0.05) is 17.7 Å². The van der Waals surface area contributed by atoms with Gasteiger partial charge in [-0.05, 0) is 43.2 Å². The van der Waals surface area contributed by atoms with Crippen molar-refractivity contribution in [1.29, 1.82) is 0 Å². The largest absolute Gasteiger partial charge is 0.454 e. The van der Waals surface area contributed by atoms with Crippen molar-refractivity contribution < 1.29 is 14.3 Å². The first-order valence-electron chi connectivity index (χ1n) is 7.23. The standard InChI is InChI=1S/C17H17ClN2O3/c1-10-5-11(2)17(13(18)6-10)19-8-16(21)20-12-3-4-14-15(7-12)23-9-22-14/h3-7,19H,8-9H2,1-2H3,(H,20,21). The van der Waals surface area contributed by atoms with Gasteiger partial charge in [0.25, 0.3) is 0 Å². The molecule has 6 heteroatoms. The average molecular weight is 333 g/mol. The van der Waals surface area contributed by atoms with Crippen LogP contribution in [0.5, 0.6) is 11.5 Å². The summed E-state index contributed by atoms with van der Waals surface area (Å²) in [5.74, 6) is 1.15. The molecule has 0 atom stereocenters. The van der Waals surface area contributed by atoms with Crippen molar-refractivity contribution in [3.05, 3.63) is 46.5 Å². The molecule has 0 radical (unpaired) electrons. The number of hydrogen-bond acceptors (Lipinski definition) is 4. The van der Waals surface area contributed by atoms with E-state index in [-0.39, 0.29) is 19.2 Å². The number of fused-ring (bicyclic) bond motifs is 1. The molecule has 1 amide bonds. The zero-order valence-electron chi connectivity index (χ0n) is 12.9. The minimum absolute atomic E-state index is 0.123. The number of halogens is 1. The Bertz CT molecular complexity index is 738. The number of nitrogens with one attached hydrogen (secondary N) is 2. The molecule has 2 aromatic rings. The second-order valence-electron chi connectivity index (χ2n) is 5.41. The van der Waals surface area contributed by atoms with E-state index in [1.54, 1.807) is 18.2 Å². The second-order valence-corrected chi connectivity index (χ2v) is 5.82. The number of rotatable bonds is 4. The monoisotopic (exact) mass is 332 g/mol. The summed E-state index contributed by atoms with van der Waals surface area (Å²) < 4.78 is 10.5. The molecule has 0 aliphatic carbocycles. The molecular formula is C17H17ClN2O3. The molecule has 3 rings (SSSR count). The average Bonchev–Trinajstić information content (AvgIpc) is 2.93. The highest BCUT2D eigenvalue weighted by Crippen LogP contribution is 2.34. The number of carbonyl (C=O) groups is 1. The van der Waals surface area contributed by atoms with Gasteiger partial charge in [0.1, 0.15) is 0 Å². The zero-order valence-corrected chi connectivity index (χ0v) is 13.7. The van der Waals surface area contributed by atoms with Crippen molar-refractivity contribution in [3.63, 3.8) is 0 Å². The van der Waals surface area contributed by atoms with Gasteiger partial charge in [0.05, 0.1) is 17.3 Å². The van der Waals surface area contributed by atoms with Crippen LogP contribution in [0.2, 0.25) is 5.02 Å². The number of aryl methyl sites for hydroxylation is 2. The van der Waals surface area contributed by atoms with E-state index in [1.165, 1.54) is 0 Å². The number of anilines is 2. The molecule has 0 fully saturated rings. The Labute approximate surface area is 139 Å². The summed E-state index contributed by atoms with van der Waals surface area (Å²) in [6.07, 6.45) is 0. The third-order valence-electron chi connectivity index (χ3n) is 3.51. The third kappa shape index (κ3) is 3.51. The molecule has 0 unspecified atom stereocenters. The van der Waals surface area contributed by atoms with Gasteiger partial charge in [0, 0.05) is 11.8 Å². The van der Waals surface area contributed by atoms with Gasteiger partial charge < -0.3 is 20.1 Å². The van der Waals surface area contributed by atoms with Crippen molar-refractivity contribution >= 4 is 28.9 Å². The zero-order chi connectivity index (χ0) is 16.4. The van der Waals surface area contributed by atoms with Crippen molar-refractivity contribution in [2.24, 2.45) is 0 Å². The molecule has 0 aromatic heterocycles. The molecule has 2 N–H and O–H groups in total. The summed E-state index contributed by atoms with van der Waals surface area (Å²) in [7, 11) is 0. The lowest BCUT2D eigenvalue weighted by Crippen LogP contribution is -2.22. The summed E-state index contributed by atoms with van der Waals surface area (Å²) in [5.41, 5.74) is 3.53. The van der Waals surface area contributed by atoms with Crippen LogP contribution in [-0.4, -0.2) is 19.2 Å². The SMILES string of the molecule is Cc1cc(C)c(NCC(=O)Nc2ccc3c(c2)OCO3)c(Cl)c1. The molecule has 0 bridgehead atoms. The molecule has 120 valence electrons. The molecule has 0 saturated heterocycles. The highest BCUT2D eigenvalue weighted by molar-refractivity contribution is 6.33. The van der Waals surface area contributed by atoms with Crippen molar-refractivity contribution in [3.8, 4) is 11.5 Å². The van der Waals surface area contributed by atoms with Crippen LogP contribution in [-0.2, 0) is 4.79 Å². The van der Waals surface area contributed by atoms with Crippen molar-refractivity contribution in [2.75, 3.05) is 24.0 Å². The van der Waals surface area contributed by atoms with Crippen LogP contribution >= 0.6 is 11.6 Å². The van der Waals surface area contributed by atoms with E-state index in [2.05, 4.69) is 10.6 Å². The Kier molecular flexibility index (Phi) is 4.30. The van der Waals surface area contributed by atoms with E-state index in [9.17, 15) is 4.79 Å². The molecule has 0 saturated carbocycles. The molecule has 23 heavy (non-hydrogen) atoms. The predicted octanol–water partition coefficient (Wildman–Crippen LogP) is 3.74. The maximum atomic E-state index is 12.1. The van der Waals surface area contributed by atoms with E-state index < -0.39 is 0 Å². The minimum atomic E-state index is -0.167. The van der Waals surface area contributed by atoms with Crippen LogP contribution in [0, 0.1) is 13.8 Å². The highest BCUT2D eigenvalue weighted by atomic mass is 35.5. The molecular weight excluding hydrogens is 316 g/mol. The van der Waals surface area contributed by atoms with Gasteiger partial charge in [-0.15, -0.1) is 0 Å². The van der Waals surface area contributed by atoms with Gasteiger partial charge in [-0.2, -0.15) is 0 Å². The lowest BCUT2D eigenvalue weighted by molar-refractivity contribution is -0.114. The smallest absolute Gasteiger partial charge is 0.243 e. The molecule has 1 heterocycles. The fourth-order valence-electron chi connectivity index (χ4n) is 2.49. The summed E-state index contributed by atoms with van der Waals surface area (Å²) in [6, 6.07) is 9.17. The highest BCUT2D eigenvalue weighted by Gasteiger charge is 2.14.